The molecule has 0 aromatic heterocycles. The topological polar surface area (TPSA) is 50.8 Å². The molecule has 2 saturated heterocycles. The predicted octanol–water partition coefficient (Wildman–Crippen LogP) is 1.13. The lowest BCUT2D eigenvalue weighted by molar-refractivity contribution is -0.135. The van der Waals surface area contributed by atoms with E-state index in [1.807, 2.05) is 4.90 Å². The molecule has 3 atom stereocenters. The highest BCUT2D eigenvalue weighted by Crippen LogP contribution is 2.27. The number of carbonyl (C=O) groups excluding carboxylic acids is 1. The summed E-state index contributed by atoms with van der Waals surface area (Å²) in [5, 5.41) is 3.44. The van der Waals surface area contributed by atoms with Crippen molar-refractivity contribution in [1.82, 2.24) is 10.2 Å². The second-order valence-electron chi connectivity index (χ2n) is 5.59. The van der Waals surface area contributed by atoms with E-state index in [4.69, 9.17) is 9.47 Å². The Kier molecular flexibility index (Phi) is 4.81. The molecule has 0 radical (unpaired) electrons. The number of rotatable bonds is 6. The molecule has 1 amide bonds. The second-order valence-corrected chi connectivity index (χ2v) is 5.59. The maximum atomic E-state index is 12.5. The molecule has 0 aromatic rings. The number of methoxy groups -OCH3 is 1. The van der Waals surface area contributed by atoms with Gasteiger partial charge in [-0.2, -0.15) is 0 Å². The van der Waals surface area contributed by atoms with Crippen LogP contribution in [0.3, 0.4) is 0 Å². The maximum Gasteiger partial charge on any atom is 0.241 e. The zero-order valence-corrected chi connectivity index (χ0v) is 12.3. The number of hydrogen-bond acceptors (Lipinski definition) is 4. The highest BCUT2D eigenvalue weighted by molar-refractivity contribution is 5.84. The third-order valence-corrected chi connectivity index (χ3v) is 4.27. The van der Waals surface area contributed by atoms with Crippen molar-refractivity contribution in [3.8, 4) is 0 Å². The number of carbonyl (C=O) groups is 1. The molecule has 0 spiro atoms. The van der Waals surface area contributed by atoms with Crippen LogP contribution >= 0.6 is 0 Å². The zero-order chi connectivity index (χ0) is 13.9. The number of ether oxygens (including phenoxy) is 2. The molecule has 0 saturated carbocycles. The van der Waals surface area contributed by atoms with Gasteiger partial charge in [0.15, 0.2) is 0 Å². The van der Waals surface area contributed by atoms with Crippen LogP contribution in [0.15, 0.2) is 0 Å². The molecule has 1 N–H and O–H groups in total. The average molecular weight is 270 g/mol. The highest BCUT2D eigenvalue weighted by Gasteiger charge is 2.44. The molecule has 5 nitrogen and oxygen atoms in total. The molecule has 3 unspecified atom stereocenters. The van der Waals surface area contributed by atoms with E-state index >= 15 is 0 Å². The van der Waals surface area contributed by atoms with Crippen LogP contribution in [0, 0.1) is 0 Å². The highest BCUT2D eigenvalue weighted by atomic mass is 16.5. The van der Waals surface area contributed by atoms with E-state index in [9.17, 15) is 4.79 Å². The van der Waals surface area contributed by atoms with Crippen LogP contribution in [-0.4, -0.2) is 55.5 Å². The predicted molar refractivity (Wildman–Crippen MR) is 72.8 cm³/mol. The minimum Gasteiger partial charge on any atom is -0.378 e. The van der Waals surface area contributed by atoms with Gasteiger partial charge in [-0.3, -0.25) is 10.1 Å². The van der Waals surface area contributed by atoms with Crippen LogP contribution in [0.1, 0.15) is 39.5 Å². The molecule has 19 heavy (non-hydrogen) atoms. The van der Waals surface area contributed by atoms with E-state index in [-0.39, 0.29) is 23.7 Å². The van der Waals surface area contributed by atoms with Crippen molar-refractivity contribution in [3.05, 3.63) is 0 Å². The molecule has 0 aliphatic carbocycles. The Bertz CT molecular complexity index is 316. The van der Waals surface area contributed by atoms with Crippen molar-refractivity contribution in [2.75, 3.05) is 26.9 Å². The largest absolute Gasteiger partial charge is 0.378 e. The summed E-state index contributed by atoms with van der Waals surface area (Å²) in [5.74, 6) is 0.219. The molecular weight excluding hydrogens is 244 g/mol. The minimum atomic E-state index is -0.314. The molecule has 2 aliphatic rings. The third kappa shape index (κ3) is 2.93. The third-order valence-electron chi connectivity index (χ3n) is 4.27. The molecule has 0 bridgehead atoms. The van der Waals surface area contributed by atoms with E-state index in [1.165, 1.54) is 0 Å². The summed E-state index contributed by atoms with van der Waals surface area (Å²) in [6.45, 7) is 6.16. The lowest BCUT2D eigenvalue weighted by Gasteiger charge is -2.33. The molecule has 2 fully saturated rings. The van der Waals surface area contributed by atoms with Crippen molar-refractivity contribution >= 4 is 5.91 Å². The summed E-state index contributed by atoms with van der Waals surface area (Å²) in [4.78, 5) is 14.4. The summed E-state index contributed by atoms with van der Waals surface area (Å²) < 4.78 is 11.1. The first-order chi connectivity index (χ1) is 9.15. The smallest absolute Gasteiger partial charge is 0.241 e. The van der Waals surface area contributed by atoms with Gasteiger partial charge in [-0.05, 0) is 12.8 Å². The van der Waals surface area contributed by atoms with Gasteiger partial charge in [-0.15, -0.1) is 0 Å². The van der Waals surface area contributed by atoms with Gasteiger partial charge in [0.1, 0.15) is 5.60 Å². The first-order valence-corrected chi connectivity index (χ1v) is 7.35. The Balaban J connectivity index is 2.06. The van der Waals surface area contributed by atoms with Gasteiger partial charge in [0.25, 0.3) is 0 Å². The Morgan fingerprint density at radius 3 is 2.84 bits per heavy atom. The van der Waals surface area contributed by atoms with Crippen molar-refractivity contribution in [3.63, 3.8) is 0 Å². The van der Waals surface area contributed by atoms with Gasteiger partial charge in [-0.1, -0.05) is 20.3 Å². The van der Waals surface area contributed by atoms with Crippen molar-refractivity contribution < 1.29 is 14.3 Å². The van der Waals surface area contributed by atoms with E-state index in [0.29, 0.717) is 13.2 Å². The summed E-state index contributed by atoms with van der Waals surface area (Å²) in [5.41, 5.74) is -0.314. The van der Waals surface area contributed by atoms with Gasteiger partial charge >= 0.3 is 0 Å². The molecule has 2 heterocycles. The summed E-state index contributed by atoms with van der Waals surface area (Å²) in [7, 11) is 1.72. The van der Waals surface area contributed by atoms with E-state index in [2.05, 4.69) is 19.2 Å². The lowest BCUT2D eigenvalue weighted by Crippen LogP contribution is -2.49. The van der Waals surface area contributed by atoms with E-state index in [0.717, 1.165) is 32.3 Å². The molecule has 2 rings (SSSR count). The van der Waals surface area contributed by atoms with E-state index < -0.39 is 0 Å². The van der Waals surface area contributed by atoms with Crippen LogP contribution in [0.5, 0.6) is 0 Å². The molecule has 5 heteroatoms. The summed E-state index contributed by atoms with van der Waals surface area (Å²) in [6.07, 6.45) is 3.85. The average Bonchev–Trinajstić information content (AvgIpc) is 3.00. The van der Waals surface area contributed by atoms with Gasteiger partial charge < -0.3 is 14.4 Å². The number of nitrogens with one attached hydrogen (secondary N) is 1. The van der Waals surface area contributed by atoms with Gasteiger partial charge in [0, 0.05) is 20.1 Å². The number of hydrogen-bond donors (Lipinski definition) is 1. The van der Waals surface area contributed by atoms with Crippen molar-refractivity contribution in [2.45, 2.75) is 57.3 Å². The maximum absolute atomic E-state index is 12.5. The molecule has 2 aliphatic heterocycles. The van der Waals surface area contributed by atoms with Crippen LogP contribution in [0.2, 0.25) is 0 Å². The van der Waals surface area contributed by atoms with Gasteiger partial charge in [0.2, 0.25) is 5.91 Å². The second kappa shape index (κ2) is 6.20. The normalized spacial score (nSPS) is 35.3. The Hall–Kier alpha value is -0.650. The van der Waals surface area contributed by atoms with Crippen LogP contribution in [0.4, 0.5) is 0 Å². The Labute approximate surface area is 115 Å². The summed E-state index contributed by atoms with van der Waals surface area (Å²) >= 11 is 0. The standard InChI is InChI=1S/C14H26N2O3/c1-4-6-11-13(17)16(12(5-2)15-11)9-14(18-3)7-8-19-10-14/h11-12,15H,4-10H2,1-3H3. The van der Waals surface area contributed by atoms with Gasteiger partial charge in [0.05, 0.1) is 25.4 Å². The van der Waals surface area contributed by atoms with Crippen LogP contribution < -0.4 is 5.32 Å². The van der Waals surface area contributed by atoms with Crippen molar-refractivity contribution in [1.29, 1.82) is 0 Å². The quantitative estimate of drug-likeness (QED) is 0.786. The molecule has 0 aromatic carbocycles. The monoisotopic (exact) mass is 270 g/mol. The first-order valence-electron chi connectivity index (χ1n) is 7.35. The number of amides is 1. The van der Waals surface area contributed by atoms with Crippen LogP contribution in [0.25, 0.3) is 0 Å². The SMILES string of the molecule is CCCC1NC(CC)N(CC2(OC)CCOC2)C1=O. The van der Waals surface area contributed by atoms with Crippen molar-refractivity contribution in [2.24, 2.45) is 0 Å². The van der Waals surface area contributed by atoms with Gasteiger partial charge in [-0.25, -0.2) is 0 Å². The fourth-order valence-electron chi connectivity index (χ4n) is 3.02. The fraction of sp³-hybridized carbons (Fsp3) is 0.929. The number of nitrogens with zero attached hydrogens (tertiary/aromatic N) is 1. The van der Waals surface area contributed by atoms with E-state index in [1.54, 1.807) is 7.11 Å². The first kappa shape index (κ1) is 14.8. The Morgan fingerprint density at radius 1 is 1.53 bits per heavy atom. The summed E-state index contributed by atoms with van der Waals surface area (Å²) in [6, 6.07) is -0.0221. The minimum absolute atomic E-state index is 0.0221. The Morgan fingerprint density at radius 2 is 2.32 bits per heavy atom. The lowest BCUT2D eigenvalue weighted by atomic mass is 10.0. The fourth-order valence-corrected chi connectivity index (χ4v) is 3.02. The zero-order valence-electron chi connectivity index (χ0n) is 12.3. The molecular formula is C14H26N2O3. The molecule has 110 valence electrons. The van der Waals surface area contributed by atoms with Crippen LogP contribution in [-0.2, 0) is 14.3 Å².